The maximum Gasteiger partial charge on any atom is 0.409 e. The lowest BCUT2D eigenvalue weighted by Crippen LogP contribution is -2.49. The van der Waals surface area contributed by atoms with Crippen molar-refractivity contribution >= 4 is 24.5 Å². The number of nitrogens with zero attached hydrogens (tertiary/aromatic N) is 4. The number of rotatable bonds is 8. The first-order valence-corrected chi connectivity index (χ1v) is 11.3. The third kappa shape index (κ3) is 6.06. The molecule has 9 nitrogen and oxygen atoms in total. The summed E-state index contributed by atoms with van der Waals surface area (Å²) in [7, 11) is 0. The van der Waals surface area contributed by atoms with Crippen LogP contribution in [0.3, 0.4) is 0 Å². The van der Waals surface area contributed by atoms with Crippen LogP contribution in [-0.2, 0) is 9.47 Å². The lowest BCUT2D eigenvalue weighted by molar-refractivity contribution is 0.0866. The Morgan fingerprint density at radius 1 is 1.32 bits per heavy atom. The van der Waals surface area contributed by atoms with Gasteiger partial charge in [0.05, 0.1) is 17.7 Å². The normalized spacial score (nSPS) is 19.6. The van der Waals surface area contributed by atoms with Gasteiger partial charge in [-0.1, -0.05) is 13.2 Å². The van der Waals surface area contributed by atoms with Gasteiger partial charge >= 0.3 is 6.09 Å². The fourth-order valence-electron chi connectivity index (χ4n) is 3.49. The minimum absolute atomic E-state index is 0.224. The molecule has 34 heavy (non-hydrogen) atoms. The third-order valence-electron chi connectivity index (χ3n) is 5.79. The topological polar surface area (TPSA) is 109 Å². The number of carbonyl (C=O) groups is 1. The van der Waals surface area contributed by atoms with Crippen LogP contribution < -0.4 is 16.3 Å². The maximum absolute atomic E-state index is 14.7. The van der Waals surface area contributed by atoms with E-state index >= 15 is 0 Å². The highest BCUT2D eigenvalue weighted by Gasteiger charge is 2.40. The van der Waals surface area contributed by atoms with Crippen LogP contribution in [0.4, 0.5) is 9.18 Å². The molecule has 2 aliphatic rings. The standard InChI is InChI=1S/C24H33FN6O3/c1-6-27-20(15-21(26)30-10-12-31(13-11-30)23(32)33-7-2)22-16(3)19(28-29-22)14-18(25)17(4)34-24(5)8-9-24/h6,14-15,28H,1,3,7-13,26H2,2,4-5H3/b18-17-,19-14+,21-15+,27-20+. The summed E-state index contributed by atoms with van der Waals surface area (Å²) in [5.41, 5.74) is 6.92. The quantitative estimate of drug-likeness (QED) is 0.442. The van der Waals surface area contributed by atoms with Gasteiger partial charge in [0.15, 0.2) is 5.83 Å². The zero-order chi connectivity index (χ0) is 24.9. The Bertz CT molecular complexity index is 1120. The zero-order valence-electron chi connectivity index (χ0n) is 20.1. The Hall–Kier alpha value is -3.56. The third-order valence-corrected chi connectivity index (χ3v) is 5.79. The Labute approximate surface area is 198 Å². The van der Waals surface area contributed by atoms with E-state index in [0.29, 0.717) is 60.6 Å². The fourth-order valence-corrected chi connectivity index (χ4v) is 3.49. The second-order valence-electron chi connectivity index (χ2n) is 8.50. The summed E-state index contributed by atoms with van der Waals surface area (Å²) in [4.78, 5) is 19.8. The van der Waals surface area contributed by atoms with Crippen molar-refractivity contribution in [3.63, 3.8) is 0 Å². The number of nitrogens with two attached hydrogens (primary N) is 1. The number of allylic oxidation sites excluding steroid dienone is 3. The highest BCUT2D eigenvalue weighted by Crippen LogP contribution is 2.41. The number of aliphatic imine (C=N–C) groups is 1. The molecule has 2 fully saturated rings. The van der Waals surface area contributed by atoms with Gasteiger partial charge < -0.3 is 25.0 Å². The van der Waals surface area contributed by atoms with Crippen LogP contribution in [-0.4, -0.2) is 70.2 Å². The van der Waals surface area contributed by atoms with Crippen molar-refractivity contribution in [1.82, 2.24) is 20.0 Å². The summed E-state index contributed by atoms with van der Waals surface area (Å²) in [6.07, 6.45) is 5.87. The number of H-pyrrole nitrogens is 1. The molecule has 0 unspecified atom stereocenters. The molecule has 1 saturated heterocycles. The first kappa shape index (κ1) is 25.1. The maximum atomic E-state index is 14.7. The SMILES string of the molecule is C=C/N=C(\C=C(/N)N1CCN(C(=O)OCC)CC1)c1n[nH]/c(=C/C(F)=C(\C)OC2(C)CC2)c1=C. The molecule has 1 aliphatic heterocycles. The van der Waals surface area contributed by atoms with Gasteiger partial charge in [0.2, 0.25) is 0 Å². The van der Waals surface area contributed by atoms with Crippen LogP contribution in [0.1, 0.15) is 39.3 Å². The number of carbonyl (C=O) groups excluding carboxylic acids is 1. The summed E-state index contributed by atoms with van der Waals surface area (Å²) >= 11 is 0. The van der Waals surface area contributed by atoms with Gasteiger partial charge in [-0.05, 0) is 33.6 Å². The van der Waals surface area contributed by atoms with Crippen LogP contribution in [0.15, 0.2) is 41.3 Å². The minimum Gasteiger partial charge on any atom is -0.489 e. The predicted molar refractivity (Wildman–Crippen MR) is 130 cm³/mol. The average molecular weight is 473 g/mol. The van der Waals surface area contributed by atoms with E-state index in [4.69, 9.17) is 15.2 Å². The monoisotopic (exact) mass is 472 g/mol. The van der Waals surface area contributed by atoms with E-state index in [2.05, 4.69) is 28.3 Å². The Balaban J connectivity index is 1.78. The molecule has 2 heterocycles. The molecular weight excluding hydrogens is 439 g/mol. The number of ether oxygens (including phenoxy) is 2. The molecule has 1 amide bonds. The molecule has 3 N–H and O–H groups in total. The van der Waals surface area contributed by atoms with Crippen molar-refractivity contribution in [2.24, 2.45) is 10.7 Å². The lowest BCUT2D eigenvalue weighted by atomic mass is 10.2. The van der Waals surface area contributed by atoms with Gasteiger partial charge in [-0.3, -0.25) is 10.1 Å². The van der Waals surface area contributed by atoms with Gasteiger partial charge in [0.25, 0.3) is 0 Å². The molecule has 0 atom stereocenters. The number of hydrogen-bond donors (Lipinski definition) is 2. The van der Waals surface area contributed by atoms with E-state index in [1.165, 1.54) is 12.3 Å². The van der Waals surface area contributed by atoms with Crippen LogP contribution in [0.5, 0.6) is 0 Å². The number of hydrogen-bond acceptors (Lipinski definition) is 7. The van der Waals surface area contributed by atoms with Gasteiger partial charge in [0.1, 0.15) is 22.9 Å². The molecule has 184 valence electrons. The van der Waals surface area contributed by atoms with Crippen molar-refractivity contribution < 1.29 is 18.7 Å². The van der Waals surface area contributed by atoms with E-state index < -0.39 is 5.83 Å². The zero-order valence-corrected chi connectivity index (χ0v) is 20.1. The van der Waals surface area contributed by atoms with Crippen LogP contribution in [0.25, 0.3) is 12.7 Å². The number of piperazine rings is 1. The Morgan fingerprint density at radius 2 is 1.97 bits per heavy atom. The van der Waals surface area contributed by atoms with Crippen molar-refractivity contribution in [2.75, 3.05) is 32.8 Å². The molecule has 3 rings (SSSR count). The Morgan fingerprint density at radius 3 is 2.56 bits per heavy atom. The average Bonchev–Trinajstić information content (AvgIpc) is 3.43. The lowest BCUT2D eigenvalue weighted by Gasteiger charge is -2.35. The largest absolute Gasteiger partial charge is 0.489 e. The van der Waals surface area contributed by atoms with Crippen LogP contribution in [0.2, 0.25) is 0 Å². The second kappa shape index (κ2) is 10.6. The summed E-state index contributed by atoms with van der Waals surface area (Å²) in [6, 6.07) is 0. The van der Waals surface area contributed by atoms with Gasteiger partial charge in [0, 0.05) is 49.7 Å². The van der Waals surface area contributed by atoms with Crippen molar-refractivity contribution in [3.8, 4) is 0 Å². The summed E-state index contributed by atoms with van der Waals surface area (Å²) < 4.78 is 25.4. The van der Waals surface area contributed by atoms with Gasteiger partial charge in [-0.25, -0.2) is 9.18 Å². The molecule has 0 bridgehead atoms. The first-order valence-electron chi connectivity index (χ1n) is 11.3. The fraction of sp³-hybridized carbons (Fsp3) is 0.458. The van der Waals surface area contributed by atoms with E-state index in [1.807, 2.05) is 11.8 Å². The molecular formula is C24H33FN6O3. The Kier molecular flexibility index (Phi) is 7.80. The predicted octanol–water partition coefficient (Wildman–Crippen LogP) is 1.88. The molecule has 0 spiro atoms. The van der Waals surface area contributed by atoms with E-state index in [9.17, 15) is 9.18 Å². The number of aromatic nitrogens is 2. The van der Waals surface area contributed by atoms with E-state index in [-0.39, 0.29) is 17.5 Å². The smallest absolute Gasteiger partial charge is 0.409 e. The minimum atomic E-state index is -0.495. The highest BCUT2D eigenvalue weighted by atomic mass is 19.1. The summed E-state index contributed by atoms with van der Waals surface area (Å²) in [5, 5.41) is 7.95. The van der Waals surface area contributed by atoms with Crippen LogP contribution in [0, 0.1) is 0 Å². The molecule has 1 aromatic heterocycles. The van der Waals surface area contributed by atoms with Gasteiger partial charge in [-0.2, -0.15) is 5.10 Å². The molecule has 10 heteroatoms. The van der Waals surface area contributed by atoms with E-state index in [1.54, 1.807) is 24.8 Å². The molecule has 0 radical (unpaired) electrons. The molecule has 1 aromatic rings. The summed E-state index contributed by atoms with van der Waals surface area (Å²) in [6.45, 7) is 15.5. The van der Waals surface area contributed by atoms with E-state index in [0.717, 1.165) is 12.8 Å². The molecule has 0 aromatic carbocycles. The van der Waals surface area contributed by atoms with Crippen molar-refractivity contribution in [2.45, 2.75) is 39.2 Å². The highest BCUT2D eigenvalue weighted by molar-refractivity contribution is 6.08. The number of aromatic amines is 1. The summed E-state index contributed by atoms with van der Waals surface area (Å²) in [5.74, 6) is 0.191. The van der Waals surface area contributed by atoms with Crippen molar-refractivity contribution in [3.05, 3.63) is 52.5 Å². The van der Waals surface area contributed by atoms with Crippen LogP contribution >= 0.6 is 0 Å². The number of nitrogens with one attached hydrogen (secondary N) is 1. The number of amides is 1. The van der Waals surface area contributed by atoms with Crippen molar-refractivity contribution in [1.29, 1.82) is 0 Å². The molecule has 1 aliphatic carbocycles. The molecule has 1 saturated carbocycles. The second-order valence-corrected chi connectivity index (χ2v) is 8.50. The van der Waals surface area contributed by atoms with Gasteiger partial charge in [-0.15, -0.1) is 0 Å². The first-order chi connectivity index (χ1) is 16.2. The number of halogens is 1.